The van der Waals surface area contributed by atoms with Crippen LogP contribution in [0, 0.1) is 17.8 Å². The molecule has 11 rings (SSSR count). The number of anilines is 4. The highest BCUT2D eigenvalue weighted by molar-refractivity contribution is 6.25. The number of fused-ring (bicyclic) bond motifs is 4. The Balaban J connectivity index is 0.667. The first-order valence-electron chi connectivity index (χ1n) is 23.9. The summed E-state index contributed by atoms with van der Waals surface area (Å²) in [6.07, 6.45) is 7.76. The standard InChI is InChI=1S/C51H52N10O7/c52-46(65)44-47(55-51(57-56-44)60-27-29-21-40(60)41(22-29)61-49(67)37-3-1-2-4-38(37)50(61)68)53-34-8-5-30(6-9-34)31-15-17-58(18-16-31)26-28-13-19-59(20-14-28)35-10-11-36-39(25-35)42(62)24-33(45(36)64)23-32-7-12-43(63)54-48(32)66/h1-6,8-11,24-25,28-29,31-32,40-41H,7,12-23,26-27H2,(H2,52,65)(H,53,55,57)(H,54,63,66)/t29?,32?,40-,41?/m0/s1. The molecule has 17 nitrogen and oxygen atoms in total. The number of amides is 5. The minimum absolute atomic E-state index is 0.0809. The number of hydrogen-bond acceptors (Lipinski definition) is 14. The molecule has 4 atom stereocenters. The molecule has 3 unspecified atom stereocenters. The Labute approximate surface area is 392 Å². The highest BCUT2D eigenvalue weighted by atomic mass is 16.2. The van der Waals surface area contributed by atoms with Gasteiger partial charge in [-0.15, -0.1) is 10.2 Å². The largest absolute Gasteiger partial charge is 0.371 e. The predicted octanol–water partition coefficient (Wildman–Crippen LogP) is 4.82. The molecule has 1 aromatic heterocycles. The first-order valence-corrected chi connectivity index (χ1v) is 23.9. The van der Waals surface area contributed by atoms with Crippen molar-refractivity contribution in [3.05, 3.63) is 112 Å². The summed E-state index contributed by atoms with van der Waals surface area (Å²) >= 11 is 0. The first-order chi connectivity index (χ1) is 32.9. The quantitative estimate of drug-likeness (QED) is 0.172. The van der Waals surface area contributed by atoms with E-state index in [-0.39, 0.29) is 71.6 Å². The van der Waals surface area contributed by atoms with Crippen LogP contribution in [-0.4, -0.2) is 117 Å². The molecule has 6 heterocycles. The predicted molar refractivity (Wildman–Crippen MR) is 250 cm³/mol. The molecule has 2 bridgehead atoms. The molecule has 4 saturated heterocycles. The fourth-order valence-electron chi connectivity index (χ4n) is 11.8. The number of nitrogens with zero attached hydrogens (tertiary/aromatic N) is 7. The van der Waals surface area contributed by atoms with E-state index in [9.17, 15) is 33.6 Å². The van der Waals surface area contributed by atoms with Crippen LogP contribution in [0.25, 0.3) is 0 Å². The number of piperidine rings is 4. The topological polar surface area (TPSA) is 221 Å². The van der Waals surface area contributed by atoms with Gasteiger partial charge in [-0.1, -0.05) is 24.3 Å². The summed E-state index contributed by atoms with van der Waals surface area (Å²) in [5, 5.41) is 14.1. The second kappa shape index (κ2) is 17.5. The third-order valence-corrected chi connectivity index (χ3v) is 15.4. The van der Waals surface area contributed by atoms with Crippen molar-refractivity contribution in [3.8, 4) is 0 Å². The SMILES string of the molecule is NC(=O)c1nnc(N2CC3CC(N4C(=O)c5ccccc5C4=O)[C@@H]2C3)nc1Nc1ccc(C2CCN(CC3CCN(c4ccc5c(c4)C(=O)C=C(CC4CCC(=O)NC4=O)C5=O)CC3)CC2)cc1. The smallest absolute Gasteiger partial charge is 0.273 e. The molecule has 17 heteroatoms. The van der Waals surface area contributed by atoms with Crippen LogP contribution in [-0.2, 0) is 9.59 Å². The number of imide groups is 2. The van der Waals surface area contributed by atoms with E-state index >= 15 is 0 Å². The molecular formula is C51H52N10O7. The molecule has 4 N–H and O–H groups in total. The molecule has 5 fully saturated rings. The van der Waals surface area contributed by atoms with Crippen molar-refractivity contribution in [1.82, 2.24) is 30.3 Å². The molecule has 0 spiro atoms. The zero-order valence-electron chi connectivity index (χ0n) is 37.6. The normalized spacial score (nSPS) is 24.4. The third kappa shape index (κ3) is 8.01. The molecule has 5 aliphatic heterocycles. The minimum Gasteiger partial charge on any atom is -0.371 e. The highest BCUT2D eigenvalue weighted by Crippen LogP contribution is 2.44. The zero-order valence-corrected chi connectivity index (χ0v) is 37.6. The van der Waals surface area contributed by atoms with Gasteiger partial charge in [-0.05, 0) is 136 Å². The minimum atomic E-state index is -0.760. The average molecular weight is 917 g/mol. The number of allylic oxidation sites excluding steroid dienone is 2. The molecule has 1 saturated carbocycles. The van der Waals surface area contributed by atoms with Crippen molar-refractivity contribution in [2.45, 2.75) is 75.8 Å². The number of aromatic nitrogens is 3. The van der Waals surface area contributed by atoms with Gasteiger partial charge < -0.3 is 25.8 Å². The Morgan fingerprint density at radius 1 is 0.779 bits per heavy atom. The fraction of sp³-hybridized carbons (Fsp3) is 0.412. The molecule has 5 amide bonds. The van der Waals surface area contributed by atoms with Gasteiger partial charge in [-0.3, -0.25) is 43.8 Å². The van der Waals surface area contributed by atoms with Gasteiger partial charge >= 0.3 is 0 Å². The van der Waals surface area contributed by atoms with E-state index in [1.807, 2.05) is 29.2 Å². The van der Waals surface area contributed by atoms with Crippen molar-refractivity contribution in [2.75, 3.05) is 54.4 Å². The van der Waals surface area contributed by atoms with Crippen LogP contribution in [0.3, 0.4) is 0 Å². The maximum absolute atomic E-state index is 13.4. The molecular weight excluding hydrogens is 865 g/mol. The Bertz CT molecular complexity index is 2780. The number of hydrogen-bond donors (Lipinski definition) is 3. The summed E-state index contributed by atoms with van der Waals surface area (Å²) in [5.41, 5.74) is 10.5. The molecule has 0 radical (unpaired) electrons. The second-order valence-corrected chi connectivity index (χ2v) is 19.5. The molecule has 4 aromatic rings. The summed E-state index contributed by atoms with van der Waals surface area (Å²) in [7, 11) is 0. The Kier molecular flexibility index (Phi) is 11.2. The van der Waals surface area contributed by atoms with Crippen LogP contribution < -0.4 is 26.2 Å². The van der Waals surface area contributed by atoms with Crippen LogP contribution in [0.5, 0.6) is 0 Å². The summed E-state index contributed by atoms with van der Waals surface area (Å²) < 4.78 is 0. The van der Waals surface area contributed by atoms with Crippen molar-refractivity contribution in [2.24, 2.45) is 23.5 Å². The van der Waals surface area contributed by atoms with Crippen LogP contribution in [0.1, 0.15) is 121 Å². The van der Waals surface area contributed by atoms with E-state index in [0.29, 0.717) is 65.0 Å². The Hall–Kier alpha value is -7.14. The number of Topliss-reactive ketones (excluding diaryl/α,β-unsaturated/α-hetero) is 1. The fourth-order valence-corrected chi connectivity index (χ4v) is 11.8. The Morgan fingerprint density at radius 3 is 2.19 bits per heavy atom. The van der Waals surface area contributed by atoms with Gasteiger partial charge in [0.15, 0.2) is 23.1 Å². The van der Waals surface area contributed by atoms with Gasteiger partial charge in [-0.25, -0.2) is 0 Å². The number of benzene rings is 3. The van der Waals surface area contributed by atoms with Crippen molar-refractivity contribution in [1.29, 1.82) is 0 Å². The number of primary amides is 1. The van der Waals surface area contributed by atoms with Gasteiger partial charge in [0.05, 0.1) is 23.2 Å². The summed E-state index contributed by atoms with van der Waals surface area (Å²) in [5.74, 6) is -1.24. The van der Waals surface area contributed by atoms with Crippen LogP contribution in [0.2, 0.25) is 0 Å². The number of nitrogens with two attached hydrogens (primary N) is 1. The number of carbonyl (C=O) groups excluding carboxylic acids is 7. The number of likely N-dealkylation sites (tertiary alicyclic amines) is 1. The lowest BCUT2D eigenvalue weighted by atomic mass is 9.82. The molecule has 2 aliphatic carbocycles. The van der Waals surface area contributed by atoms with Gasteiger partial charge in [0.2, 0.25) is 17.8 Å². The van der Waals surface area contributed by atoms with E-state index in [0.717, 1.165) is 76.2 Å². The summed E-state index contributed by atoms with van der Waals surface area (Å²) in [6, 6.07) is 20.1. The van der Waals surface area contributed by atoms with Gasteiger partial charge in [0.1, 0.15) is 0 Å². The number of nitrogens with one attached hydrogen (secondary N) is 2. The van der Waals surface area contributed by atoms with E-state index in [1.165, 1.54) is 16.5 Å². The summed E-state index contributed by atoms with van der Waals surface area (Å²) in [6.45, 7) is 5.44. The molecule has 7 aliphatic rings. The second-order valence-electron chi connectivity index (χ2n) is 19.5. The maximum Gasteiger partial charge on any atom is 0.273 e. The van der Waals surface area contributed by atoms with Gasteiger partial charge in [0.25, 0.3) is 17.7 Å². The highest BCUT2D eigenvalue weighted by Gasteiger charge is 2.53. The van der Waals surface area contributed by atoms with E-state index in [1.54, 1.807) is 30.3 Å². The van der Waals surface area contributed by atoms with Crippen LogP contribution >= 0.6 is 0 Å². The van der Waals surface area contributed by atoms with E-state index in [4.69, 9.17) is 10.7 Å². The lowest BCUT2D eigenvalue weighted by Crippen LogP contribution is -2.52. The van der Waals surface area contributed by atoms with E-state index < -0.39 is 17.7 Å². The number of carbonyl (C=O) groups is 7. The van der Waals surface area contributed by atoms with Crippen molar-refractivity contribution >= 4 is 64.2 Å². The van der Waals surface area contributed by atoms with Gasteiger partial charge in [-0.2, -0.15) is 4.98 Å². The lowest BCUT2D eigenvalue weighted by Gasteiger charge is -2.38. The van der Waals surface area contributed by atoms with Crippen molar-refractivity contribution < 1.29 is 33.6 Å². The zero-order chi connectivity index (χ0) is 46.8. The molecule has 348 valence electrons. The van der Waals surface area contributed by atoms with E-state index in [2.05, 4.69) is 42.8 Å². The average Bonchev–Trinajstić information content (AvgIpc) is 4.03. The molecule has 3 aromatic carbocycles. The number of rotatable bonds is 11. The van der Waals surface area contributed by atoms with Crippen LogP contribution in [0.4, 0.5) is 23.1 Å². The van der Waals surface area contributed by atoms with Gasteiger partial charge in [0, 0.05) is 66.6 Å². The monoisotopic (exact) mass is 916 g/mol. The lowest BCUT2D eigenvalue weighted by molar-refractivity contribution is -0.136. The van der Waals surface area contributed by atoms with Crippen molar-refractivity contribution in [3.63, 3.8) is 0 Å². The summed E-state index contributed by atoms with van der Waals surface area (Å²) in [4.78, 5) is 103. The van der Waals surface area contributed by atoms with Crippen LogP contribution in [0.15, 0.2) is 78.4 Å². The Morgan fingerprint density at radius 2 is 1.50 bits per heavy atom. The first kappa shape index (κ1) is 43.4. The maximum atomic E-state index is 13.4. The third-order valence-electron chi connectivity index (χ3n) is 15.4. The number of ketones is 2. The molecule has 68 heavy (non-hydrogen) atoms.